The van der Waals surface area contributed by atoms with E-state index in [0.29, 0.717) is 19.0 Å². The molecule has 0 aromatic carbocycles. The van der Waals surface area contributed by atoms with Crippen molar-refractivity contribution in [3.63, 3.8) is 0 Å². The van der Waals surface area contributed by atoms with E-state index in [1.165, 1.54) is 0 Å². The normalized spacial score (nSPS) is 21.6. The summed E-state index contributed by atoms with van der Waals surface area (Å²) in [4.78, 5) is 13.3. The van der Waals surface area contributed by atoms with E-state index in [4.69, 9.17) is 11.6 Å². The number of amides is 1. The summed E-state index contributed by atoms with van der Waals surface area (Å²) in [7, 11) is 0. The van der Waals surface area contributed by atoms with Crippen LogP contribution in [-0.4, -0.2) is 40.5 Å². The van der Waals surface area contributed by atoms with Gasteiger partial charge in [-0.15, -0.1) is 11.6 Å². The minimum absolute atomic E-state index is 0.0563. The van der Waals surface area contributed by atoms with Gasteiger partial charge in [0.15, 0.2) is 0 Å². The lowest BCUT2D eigenvalue weighted by atomic mass is 9.88. The smallest absolute Gasteiger partial charge is 0.226 e. The number of hydrogen-bond acceptors (Lipinski definition) is 2. The lowest BCUT2D eigenvalue weighted by molar-refractivity contribution is -0.159. The van der Waals surface area contributed by atoms with E-state index >= 15 is 0 Å². The number of carbonyl (C=O) groups excluding carboxylic acids is 1. The fourth-order valence-electron chi connectivity index (χ4n) is 1.82. The summed E-state index contributed by atoms with van der Waals surface area (Å²) < 4.78 is 0. The molecule has 1 aliphatic rings. The zero-order valence-electron chi connectivity index (χ0n) is 8.79. The molecule has 0 spiro atoms. The molecule has 0 radical (unpaired) electrons. The Morgan fingerprint density at radius 3 is 2.64 bits per heavy atom. The first kappa shape index (κ1) is 11.8. The predicted molar refractivity (Wildman–Crippen MR) is 56.3 cm³/mol. The Morgan fingerprint density at radius 1 is 1.64 bits per heavy atom. The van der Waals surface area contributed by atoms with Gasteiger partial charge in [0.05, 0.1) is 18.7 Å². The van der Waals surface area contributed by atoms with Gasteiger partial charge in [0.2, 0.25) is 5.91 Å². The first-order valence-electron chi connectivity index (χ1n) is 5.09. The number of β-amino-alcohol motifs (C(OH)–C–C–N with tert-alkyl or cyclic N) is 1. The molecule has 14 heavy (non-hydrogen) atoms. The largest absolute Gasteiger partial charge is 0.386 e. The summed E-state index contributed by atoms with van der Waals surface area (Å²) in [6, 6.07) is 0. The van der Waals surface area contributed by atoms with E-state index in [1.54, 1.807) is 4.90 Å². The van der Waals surface area contributed by atoms with Crippen LogP contribution < -0.4 is 0 Å². The molecule has 1 aliphatic heterocycles. The molecule has 1 fully saturated rings. The zero-order valence-corrected chi connectivity index (χ0v) is 9.55. The van der Waals surface area contributed by atoms with Crippen molar-refractivity contribution in [2.45, 2.75) is 32.3 Å². The van der Waals surface area contributed by atoms with Crippen molar-refractivity contribution < 1.29 is 9.90 Å². The molecule has 1 rings (SSSR count). The first-order valence-corrected chi connectivity index (χ1v) is 5.63. The van der Waals surface area contributed by atoms with Crippen molar-refractivity contribution in [1.29, 1.82) is 0 Å². The Hall–Kier alpha value is -0.280. The number of halogens is 1. The van der Waals surface area contributed by atoms with E-state index in [0.717, 1.165) is 12.8 Å². The van der Waals surface area contributed by atoms with Gasteiger partial charge in [-0.25, -0.2) is 0 Å². The number of nitrogens with zero attached hydrogens (tertiary/aromatic N) is 1. The quantitative estimate of drug-likeness (QED) is 0.723. The van der Waals surface area contributed by atoms with Gasteiger partial charge >= 0.3 is 0 Å². The van der Waals surface area contributed by atoms with Crippen LogP contribution in [0.1, 0.15) is 26.7 Å². The third-order valence-electron chi connectivity index (χ3n) is 2.65. The molecular formula is C10H18ClNO2. The third-order valence-corrected chi connectivity index (χ3v) is 3.11. The van der Waals surface area contributed by atoms with Gasteiger partial charge in [0.25, 0.3) is 0 Å². The maximum Gasteiger partial charge on any atom is 0.226 e. The second-order valence-electron chi connectivity index (χ2n) is 4.22. The molecule has 0 saturated carbocycles. The molecule has 3 nitrogen and oxygen atoms in total. The van der Waals surface area contributed by atoms with Crippen LogP contribution in [0.25, 0.3) is 0 Å². The number of carbonyl (C=O) groups is 1. The molecule has 1 amide bonds. The van der Waals surface area contributed by atoms with Crippen LogP contribution in [0.5, 0.6) is 0 Å². The van der Waals surface area contributed by atoms with Crippen molar-refractivity contribution >= 4 is 17.5 Å². The fourth-order valence-corrected chi connectivity index (χ4v) is 1.95. The summed E-state index contributed by atoms with van der Waals surface area (Å²) in [5, 5.41) is 9.86. The highest BCUT2D eigenvalue weighted by Crippen LogP contribution is 2.27. The number of aliphatic hydroxyl groups is 1. The molecular weight excluding hydrogens is 202 g/mol. The van der Waals surface area contributed by atoms with E-state index in [1.807, 2.05) is 13.8 Å². The van der Waals surface area contributed by atoms with Crippen molar-refractivity contribution in [2.24, 2.45) is 5.92 Å². The highest BCUT2D eigenvalue weighted by molar-refractivity contribution is 6.19. The summed E-state index contributed by atoms with van der Waals surface area (Å²) in [5.74, 6) is 0.269. The standard InChI is InChI=1S/C10H18ClNO2/c1-3-4-10(14)6-12(7-10)9(13)8(2)5-11/h8,14H,3-7H2,1-2H3. The number of hydrogen-bond donors (Lipinski definition) is 1. The SMILES string of the molecule is CCCC1(O)CN(C(=O)C(C)CCl)C1. The van der Waals surface area contributed by atoms with Crippen LogP contribution >= 0.6 is 11.6 Å². The average Bonchev–Trinajstić information content (AvgIpc) is 2.12. The van der Waals surface area contributed by atoms with Crippen LogP contribution in [0.2, 0.25) is 0 Å². The second-order valence-corrected chi connectivity index (χ2v) is 4.53. The Labute approximate surface area is 90.0 Å². The van der Waals surface area contributed by atoms with Crippen LogP contribution in [-0.2, 0) is 4.79 Å². The average molecular weight is 220 g/mol. The Kier molecular flexibility index (Phi) is 3.78. The molecule has 0 bridgehead atoms. The predicted octanol–water partition coefficient (Wildman–Crippen LogP) is 1.23. The Morgan fingerprint density at radius 2 is 2.21 bits per heavy atom. The van der Waals surface area contributed by atoms with Crippen LogP contribution in [0.15, 0.2) is 0 Å². The van der Waals surface area contributed by atoms with Crippen molar-refractivity contribution in [1.82, 2.24) is 4.90 Å². The van der Waals surface area contributed by atoms with Gasteiger partial charge in [0, 0.05) is 11.8 Å². The van der Waals surface area contributed by atoms with Gasteiger partial charge in [-0.1, -0.05) is 20.3 Å². The third kappa shape index (κ3) is 2.39. The van der Waals surface area contributed by atoms with E-state index in [9.17, 15) is 9.90 Å². The van der Waals surface area contributed by atoms with Gasteiger partial charge in [-0.05, 0) is 6.42 Å². The van der Waals surface area contributed by atoms with E-state index in [-0.39, 0.29) is 11.8 Å². The Bertz CT molecular complexity index is 214. The highest BCUT2D eigenvalue weighted by atomic mass is 35.5. The maximum absolute atomic E-state index is 11.6. The molecule has 0 aliphatic carbocycles. The maximum atomic E-state index is 11.6. The second kappa shape index (κ2) is 4.49. The Balaban J connectivity index is 2.37. The van der Waals surface area contributed by atoms with Crippen LogP contribution in [0, 0.1) is 5.92 Å². The molecule has 82 valence electrons. The lowest BCUT2D eigenvalue weighted by Gasteiger charge is -2.47. The summed E-state index contributed by atoms with van der Waals surface area (Å²) in [6.07, 6.45) is 1.72. The van der Waals surface area contributed by atoms with Crippen molar-refractivity contribution in [3.8, 4) is 0 Å². The number of likely N-dealkylation sites (tertiary alicyclic amines) is 1. The monoisotopic (exact) mass is 219 g/mol. The number of rotatable bonds is 4. The summed E-state index contributed by atoms with van der Waals surface area (Å²) in [6.45, 7) is 4.79. The lowest BCUT2D eigenvalue weighted by Crippen LogP contribution is -2.64. The van der Waals surface area contributed by atoms with Crippen LogP contribution in [0.3, 0.4) is 0 Å². The minimum Gasteiger partial charge on any atom is -0.386 e. The molecule has 0 aromatic rings. The van der Waals surface area contributed by atoms with Gasteiger partial charge in [-0.3, -0.25) is 4.79 Å². The molecule has 0 aromatic heterocycles. The topological polar surface area (TPSA) is 40.5 Å². The van der Waals surface area contributed by atoms with Gasteiger partial charge in [0.1, 0.15) is 0 Å². The van der Waals surface area contributed by atoms with E-state index < -0.39 is 5.60 Å². The van der Waals surface area contributed by atoms with E-state index in [2.05, 4.69) is 0 Å². The van der Waals surface area contributed by atoms with Crippen molar-refractivity contribution in [2.75, 3.05) is 19.0 Å². The molecule has 1 atom stereocenters. The molecule has 1 N–H and O–H groups in total. The van der Waals surface area contributed by atoms with Crippen LogP contribution in [0.4, 0.5) is 0 Å². The number of alkyl halides is 1. The van der Waals surface area contributed by atoms with Gasteiger partial charge < -0.3 is 10.0 Å². The van der Waals surface area contributed by atoms with Gasteiger partial charge in [-0.2, -0.15) is 0 Å². The first-order chi connectivity index (χ1) is 6.52. The minimum atomic E-state index is -0.629. The van der Waals surface area contributed by atoms with Crippen molar-refractivity contribution in [3.05, 3.63) is 0 Å². The molecule has 4 heteroatoms. The molecule has 1 saturated heterocycles. The molecule has 1 heterocycles. The highest BCUT2D eigenvalue weighted by Gasteiger charge is 2.43. The zero-order chi connectivity index (χ0) is 10.8. The summed E-state index contributed by atoms with van der Waals surface area (Å²) in [5.41, 5.74) is -0.629. The fraction of sp³-hybridized carbons (Fsp3) is 0.900. The summed E-state index contributed by atoms with van der Waals surface area (Å²) >= 11 is 5.59. The molecule has 1 unspecified atom stereocenters.